The van der Waals surface area contributed by atoms with E-state index in [1.807, 2.05) is 18.2 Å². The number of aromatic amines is 1. The zero-order chi connectivity index (χ0) is 20.1. The van der Waals surface area contributed by atoms with Crippen molar-refractivity contribution < 1.29 is 9.59 Å². The Morgan fingerprint density at radius 1 is 1.07 bits per heavy atom. The minimum Gasteiger partial charge on any atom is -0.267 e. The maximum Gasteiger partial charge on any atom is 0.279 e. The van der Waals surface area contributed by atoms with Gasteiger partial charge < -0.3 is 0 Å². The first-order chi connectivity index (χ1) is 14.2. The summed E-state index contributed by atoms with van der Waals surface area (Å²) in [6.45, 7) is 0. The van der Waals surface area contributed by atoms with E-state index in [0.29, 0.717) is 10.4 Å². The number of carbonyl (C=O) groups is 2. The second-order valence-electron chi connectivity index (χ2n) is 6.80. The standard InChI is InChI=1S/C20H21N5O2S2/c26-18(14-8-6-13(7-9-14)11-28-20-21-12-22-25-20)23-24-19(27)17-10-15-4-2-1-3-5-16(15)29-17/h6-10,12H,1-5,11H2,(H,23,26)(H,24,27)(H,21,22,25). The summed E-state index contributed by atoms with van der Waals surface area (Å²) in [5, 5.41) is 7.35. The van der Waals surface area contributed by atoms with E-state index >= 15 is 0 Å². The molecule has 4 rings (SSSR count). The Morgan fingerprint density at radius 3 is 2.66 bits per heavy atom. The second-order valence-corrected chi connectivity index (χ2v) is 8.90. The van der Waals surface area contributed by atoms with Crippen LogP contribution in [-0.2, 0) is 18.6 Å². The van der Waals surface area contributed by atoms with Crippen LogP contribution >= 0.6 is 23.1 Å². The predicted octanol–water partition coefficient (Wildman–Crippen LogP) is 3.50. The highest BCUT2D eigenvalue weighted by atomic mass is 32.2. The van der Waals surface area contributed by atoms with Crippen LogP contribution in [0.5, 0.6) is 0 Å². The lowest BCUT2D eigenvalue weighted by Gasteiger charge is -2.07. The van der Waals surface area contributed by atoms with Gasteiger partial charge in [-0.15, -0.1) is 11.3 Å². The number of H-pyrrole nitrogens is 1. The maximum absolute atomic E-state index is 12.4. The van der Waals surface area contributed by atoms with Crippen molar-refractivity contribution in [3.8, 4) is 0 Å². The molecule has 3 aromatic rings. The Kier molecular flexibility index (Phi) is 6.26. The third-order valence-electron chi connectivity index (χ3n) is 4.74. The van der Waals surface area contributed by atoms with Crippen molar-refractivity contribution in [2.75, 3.05) is 0 Å². The Labute approximate surface area is 176 Å². The van der Waals surface area contributed by atoms with Gasteiger partial charge in [-0.05, 0) is 55.0 Å². The fraction of sp³-hybridized carbons (Fsp3) is 0.300. The summed E-state index contributed by atoms with van der Waals surface area (Å²) >= 11 is 3.07. The second kappa shape index (κ2) is 9.23. The fourth-order valence-electron chi connectivity index (χ4n) is 3.19. The monoisotopic (exact) mass is 427 g/mol. The molecule has 0 spiro atoms. The number of aryl methyl sites for hydroxylation is 2. The molecule has 0 bridgehead atoms. The van der Waals surface area contributed by atoms with Gasteiger partial charge in [-0.25, -0.2) is 4.98 Å². The summed E-state index contributed by atoms with van der Waals surface area (Å²) in [6.07, 6.45) is 7.15. The number of nitrogens with zero attached hydrogens (tertiary/aromatic N) is 2. The molecule has 7 nitrogen and oxygen atoms in total. The van der Waals surface area contributed by atoms with Crippen LogP contribution in [0.4, 0.5) is 0 Å². The van der Waals surface area contributed by atoms with Crippen LogP contribution in [0, 0.1) is 0 Å². The van der Waals surface area contributed by atoms with E-state index in [-0.39, 0.29) is 11.8 Å². The highest BCUT2D eigenvalue weighted by molar-refractivity contribution is 7.98. The number of aromatic nitrogens is 3. The van der Waals surface area contributed by atoms with Gasteiger partial charge in [0.1, 0.15) is 6.33 Å². The van der Waals surface area contributed by atoms with Gasteiger partial charge in [0, 0.05) is 16.2 Å². The number of hydrogen-bond donors (Lipinski definition) is 3. The lowest BCUT2D eigenvalue weighted by molar-refractivity contribution is 0.0849. The van der Waals surface area contributed by atoms with Gasteiger partial charge >= 0.3 is 0 Å². The van der Waals surface area contributed by atoms with Crippen molar-refractivity contribution >= 4 is 34.9 Å². The molecule has 150 valence electrons. The zero-order valence-corrected chi connectivity index (χ0v) is 17.4. The number of fused-ring (bicyclic) bond motifs is 1. The molecule has 2 amide bonds. The topological polar surface area (TPSA) is 99.8 Å². The smallest absolute Gasteiger partial charge is 0.267 e. The summed E-state index contributed by atoms with van der Waals surface area (Å²) in [4.78, 5) is 30.7. The molecule has 0 radical (unpaired) electrons. The van der Waals surface area contributed by atoms with Crippen LogP contribution in [0.1, 0.15) is 55.3 Å². The molecule has 1 aliphatic rings. The third kappa shape index (κ3) is 5.04. The number of thioether (sulfide) groups is 1. The fourth-order valence-corrected chi connectivity index (χ4v) is 5.08. The average Bonchev–Trinajstić information content (AvgIpc) is 3.36. The van der Waals surface area contributed by atoms with Gasteiger partial charge in [0.15, 0.2) is 5.16 Å². The number of benzene rings is 1. The Hall–Kier alpha value is -2.65. The van der Waals surface area contributed by atoms with Crippen LogP contribution in [0.25, 0.3) is 0 Å². The summed E-state index contributed by atoms with van der Waals surface area (Å²) in [6, 6.07) is 9.22. The van der Waals surface area contributed by atoms with E-state index < -0.39 is 0 Å². The number of thiophene rings is 1. The molecule has 9 heteroatoms. The van der Waals surface area contributed by atoms with Crippen molar-refractivity contribution in [1.29, 1.82) is 0 Å². The lowest BCUT2D eigenvalue weighted by atomic mass is 10.1. The number of hydrogen-bond acceptors (Lipinski definition) is 6. The summed E-state index contributed by atoms with van der Waals surface area (Å²) in [5.74, 6) is 0.110. The minimum atomic E-state index is -0.342. The average molecular weight is 428 g/mol. The normalized spacial score (nSPS) is 13.4. The van der Waals surface area contributed by atoms with Gasteiger partial charge in [0.25, 0.3) is 11.8 Å². The van der Waals surface area contributed by atoms with E-state index in [1.54, 1.807) is 12.1 Å². The van der Waals surface area contributed by atoms with E-state index in [0.717, 1.165) is 29.3 Å². The van der Waals surface area contributed by atoms with Crippen molar-refractivity contribution in [2.24, 2.45) is 0 Å². The molecule has 2 aromatic heterocycles. The van der Waals surface area contributed by atoms with E-state index in [2.05, 4.69) is 26.0 Å². The molecular weight excluding hydrogens is 406 g/mol. The van der Waals surface area contributed by atoms with Gasteiger partial charge in [-0.2, -0.15) is 5.10 Å². The highest BCUT2D eigenvalue weighted by Gasteiger charge is 2.17. The van der Waals surface area contributed by atoms with E-state index in [4.69, 9.17) is 0 Å². The van der Waals surface area contributed by atoms with Crippen LogP contribution < -0.4 is 10.9 Å². The molecule has 0 atom stereocenters. The minimum absolute atomic E-state index is 0.267. The number of hydrazine groups is 1. The van der Waals surface area contributed by atoms with Crippen molar-refractivity contribution in [1.82, 2.24) is 26.0 Å². The number of nitrogens with one attached hydrogen (secondary N) is 3. The van der Waals surface area contributed by atoms with Gasteiger partial charge in [0.2, 0.25) is 0 Å². The molecular formula is C20H21N5O2S2. The van der Waals surface area contributed by atoms with Crippen LogP contribution in [-0.4, -0.2) is 27.0 Å². The van der Waals surface area contributed by atoms with Crippen LogP contribution in [0.3, 0.4) is 0 Å². The number of amides is 2. The molecule has 1 aliphatic carbocycles. The Balaban J connectivity index is 1.29. The highest BCUT2D eigenvalue weighted by Crippen LogP contribution is 2.28. The zero-order valence-electron chi connectivity index (χ0n) is 15.7. The first kappa shape index (κ1) is 19.7. The van der Waals surface area contributed by atoms with Crippen molar-refractivity contribution in [3.63, 3.8) is 0 Å². The Bertz CT molecular complexity index is 959. The summed E-state index contributed by atoms with van der Waals surface area (Å²) < 4.78 is 0. The SMILES string of the molecule is O=C(NNC(=O)c1cc2c(s1)CCCCC2)c1ccc(CSc2ncn[nH]2)cc1. The first-order valence-electron chi connectivity index (χ1n) is 9.48. The summed E-state index contributed by atoms with van der Waals surface area (Å²) in [5.41, 5.74) is 7.86. The van der Waals surface area contributed by atoms with Gasteiger partial charge in [-0.1, -0.05) is 30.3 Å². The molecule has 2 heterocycles. The third-order valence-corrected chi connectivity index (χ3v) is 6.93. The van der Waals surface area contributed by atoms with Crippen LogP contribution in [0.15, 0.2) is 41.8 Å². The lowest BCUT2D eigenvalue weighted by Crippen LogP contribution is -2.41. The van der Waals surface area contributed by atoms with E-state index in [1.165, 1.54) is 59.1 Å². The molecule has 0 saturated heterocycles. The molecule has 0 unspecified atom stereocenters. The quantitative estimate of drug-likeness (QED) is 0.329. The van der Waals surface area contributed by atoms with E-state index in [9.17, 15) is 9.59 Å². The van der Waals surface area contributed by atoms with Crippen molar-refractivity contribution in [3.05, 3.63) is 63.1 Å². The molecule has 0 fully saturated rings. The largest absolute Gasteiger partial charge is 0.279 e. The molecule has 1 aromatic carbocycles. The number of carbonyl (C=O) groups excluding carboxylic acids is 2. The molecule has 29 heavy (non-hydrogen) atoms. The molecule has 0 aliphatic heterocycles. The van der Waals surface area contributed by atoms with Crippen LogP contribution in [0.2, 0.25) is 0 Å². The van der Waals surface area contributed by atoms with Gasteiger partial charge in [0.05, 0.1) is 4.88 Å². The van der Waals surface area contributed by atoms with Gasteiger partial charge in [-0.3, -0.25) is 25.5 Å². The summed E-state index contributed by atoms with van der Waals surface area (Å²) in [7, 11) is 0. The molecule has 0 saturated carbocycles. The maximum atomic E-state index is 12.4. The van der Waals surface area contributed by atoms with Crippen molar-refractivity contribution in [2.45, 2.75) is 43.0 Å². The Morgan fingerprint density at radius 2 is 1.86 bits per heavy atom. The molecule has 3 N–H and O–H groups in total. The predicted molar refractivity (Wildman–Crippen MR) is 113 cm³/mol. The number of rotatable bonds is 5. The first-order valence-corrected chi connectivity index (χ1v) is 11.3.